The first-order valence-electron chi connectivity index (χ1n) is 12.9. The number of imidazole rings is 1. The molecule has 1 aliphatic rings. The minimum atomic E-state index is -0.513. The summed E-state index contributed by atoms with van der Waals surface area (Å²) in [6, 6.07) is 13.9. The number of aryl methyl sites for hydroxylation is 2. The van der Waals surface area contributed by atoms with Gasteiger partial charge >= 0.3 is 6.09 Å². The number of fused-ring (bicyclic) bond motifs is 2. The average Bonchev–Trinajstić information content (AvgIpc) is 3.43. The van der Waals surface area contributed by atoms with Crippen molar-refractivity contribution >= 4 is 34.1 Å². The second kappa shape index (κ2) is 9.30. The van der Waals surface area contributed by atoms with E-state index in [4.69, 9.17) is 9.47 Å². The molecule has 0 bridgehead atoms. The third-order valence-corrected chi connectivity index (χ3v) is 6.82. The number of anilines is 2. The first-order valence-corrected chi connectivity index (χ1v) is 12.9. The smallest absolute Gasteiger partial charge is 0.410 e. The van der Waals surface area contributed by atoms with Crippen LogP contribution in [0.5, 0.6) is 11.5 Å². The van der Waals surface area contributed by atoms with Gasteiger partial charge in [-0.05, 0) is 75.2 Å². The Labute approximate surface area is 226 Å². The van der Waals surface area contributed by atoms with Crippen LogP contribution in [0, 0.1) is 6.92 Å². The molecule has 2 aromatic carbocycles. The first kappa shape index (κ1) is 24.7. The fraction of sp³-hybridized carbons (Fsp3) is 0.310. The molecule has 0 unspecified atom stereocenters. The van der Waals surface area contributed by atoms with Gasteiger partial charge in [0, 0.05) is 44.0 Å². The van der Waals surface area contributed by atoms with E-state index in [0.29, 0.717) is 18.9 Å². The Kier molecular flexibility index (Phi) is 5.90. The Morgan fingerprint density at radius 1 is 1.08 bits per heavy atom. The fourth-order valence-corrected chi connectivity index (χ4v) is 4.83. The van der Waals surface area contributed by atoms with E-state index in [9.17, 15) is 4.79 Å². The molecule has 4 heterocycles. The monoisotopic (exact) mass is 525 g/mol. The lowest BCUT2D eigenvalue weighted by molar-refractivity contribution is 0.00830. The number of hydrogen-bond acceptors (Lipinski definition) is 7. The molecule has 3 aromatic heterocycles. The quantitative estimate of drug-likeness (QED) is 0.310. The van der Waals surface area contributed by atoms with Gasteiger partial charge in [0.1, 0.15) is 28.9 Å². The zero-order valence-electron chi connectivity index (χ0n) is 22.7. The number of carbonyl (C=O) groups is 1. The molecule has 0 aliphatic carbocycles. The van der Waals surface area contributed by atoms with E-state index in [-0.39, 0.29) is 12.0 Å². The predicted molar refractivity (Wildman–Crippen MR) is 149 cm³/mol. The van der Waals surface area contributed by atoms with Gasteiger partial charge in [0.2, 0.25) is 0 Å². The van der Waals surface area contributed by atoms with Crippen molar-refractivity contribution in [2.45, 2.75) is 39.2 Å². The second-order valence-corrected chi connectivity index (χ2v) is 11.0. The summed E-state index contributed by atoms with van der Waals surface area (Å²) in [6.45, 7) is 8.83. The van der Waals surface area contributed by atoms with E-state index in [0.717, 1.165) is 44.9 Å². The molecule has 1 fully saturated rings. The largest absolute Gasteiger partial charge is 0.457 e. The molecule has 10 nitrogen and oxygen atoms in total. The topological polar surface area (TPSA) is 98.8 Å². The average molecular weight is 526 g/mol. The van der Waals surface area contributed by atoms with Gasteiger partial charge in [-0.1, -0.05) is 0 Å². The van der Waals surface area contributed by atoms with E-state index in [2.05, 4.69) is 20.4 Å². The Bertz CT molecular complexity index is 1690. The third-order valence-electron chi connectivity index (χ3n) is 6.82. The molecule has 0 atom stereocenters. The molecule has 6 rings (SSSR count). The van der Waals surface area contributed by atoms with Crippen LogP contribution in [0.1, 0.15) is 37.8 Å². The van der Waals surface area contributed by atoms with Crippen LogP contribution in [-0.4, -0.2) is 53.8 Å². The molecule has 0 saturated carbocycles. The lowest BCUT2D eigenvalue weighted by Crippen LogP contribution is -2.50. The van der Waals surface area contributed by atoms with Gasteiger partial charge in [0.25, 0.3) is 0 Å². The normalized spacial score (nSPS) is 14.0. The molecule has 1 saturated heterocycles. The van der Waals surface area contributed by atoms with Crippen LogP contribution in [0.3, 0.4) is 0 Å². The van der Waals surface area contributed by atoms with Gasteiger partial charge < -0.3 is 24.3 Å². The molecule has 0 radical (unpaired) electrons. The van der Waals surface area contributed by atoms with E-state index < -0.39 is 5.60 Å². The van der Waals surface area contributed by atoms with E-state index in [1.54, 1.807) is 11.2 Å². The van der Waals surface area contributed by atoms with Crippen LogP contribution in [0.4, 0.5) is 16.3 Å². The summed E-state index contributed by atoms with van der Waals surface area (Å²) >= 11 is 0. The zero-order chi connectivity index (χ0) is 27.3. The standard InChI is InChI=1S/C29H31N7O3/c1-18-12-20(6-9-25(18)38-21-7-8-24-23(13-21)31-17-34(24)5)33-27-26-22(10-11-36(26)32-16-30-27)19-14-35(15-19)28(37)39-29(2,3)4/h6-13,16-17,19H,14-15H2,1-5H3,(H,30,32,33). The summed E-state index contributed by atoms with van der Waals surface area (Å²) in [6.07, 6.45) is 4.97. The van der Waals surface area contributed by atoms with Gasteiger partial charge in [-0.15, -0.1) is 0 Å². The number of nitrogens with one attached hydrogen (secondary N) is 1. The zero-order valence-corrected chi connectivity index (χ0v) is 22.7. The van der Waals surface area contributed by atoms with Crippen LogP contribution < -0.4 is 10.1 Å². The molecule has 1 amide bonds. The minimum absolute atomic E-state index is 0.183. The minimum Gasteiger partial charge on any atom is -0.457 e. The Balaban J connectivity index is 1.19. The molecule has 200 valence electrons. The number of amides is 1. The number of rotatable bonds is 5. The number of aromatic nitrogens is 5. The van der Waals surface area contributed by atoms with Gasteiger partial charge in [-0.3, -0.25) is 0 Å². The van der Waals surface area contributed by atoms with Crippen LogP contribution in [0.15, 0.2) is 61.3 Å². The number of hydrogen-bond donors (Lipinski definition) is 1. The summed E-state index contributed by atoms with van der Waals surface area (Å²) in [5.41, 5.74) is 5.29. The van der Waals surface area contributed by atoms with Crippen molar-refractivity contribution in [1.29, 1.82) is 0 Å². The van der Waals surface area contributed by atoms with Crippen molar-refractivity contribution in [1.82, 2.24) is 29.0 Å². The van der Waals surface area contributed by atoms with Gasteiger partial charge in [-0.25, -0.2) is 19.3 Å². The summed E-state index contributed by atoms with van der Waals surface area (Å²) in [5, 5.41) is 7.84. The number of ether oxygens (including phenoxy) is 2. The van der Waals surface area contributed by atoms with Crippen molar-refractivity contribution in [2.24, 2.45) is 7.05 Å². The maximum Gasteiger partial charge on any atom is 0.410 e. The molecule has 0 spiro atoms. The van der Waals surface area contributed by atoms with E-state index in [1.807, 2.05) is 92.5 Å². The third kappa shape index (κ3) is 4.85. The van der Waals surface area contributed by atoms with Crippen LogP contribution in [0.25, 0.3) is 16.6 Å². The first-order chi connectivity index (χ1) is 18.6. The summed E-state index contributed by atoms with van der Waals surface area (Å²) in [4.78, 5) is 23.1. The van der Waals surface area contributed by atoms with Gasteiger partial charge in [-0.2, -0.15) is 5.10 Å². The predicted octanol–water partition coefficient (Wildman–Crippen LogP) is 5.79. The van der Waals surface area contributed by atoms with E-state index >= 15 is 0 Å². The van der Waals surface area contributed by atoms with Crippen LogP contribution >= 0.6 is 0 Å². The molecule has 10 heteroatoms. The highest BCUT2D eigenvalue weighted by Gasteiger charge is 2.36. The maximum absolute atomic E-state index is 12.4. The number of carbonyl (C=O) groups excluding carboxylic acids is 1. The number of likely N-dealkylation sites (tertiary alicyclic amines) is 1. The lowest BCUT2D eigenvalue weighted by Gasteiger charge is -2.39. The highest BCUT2D eigenvalue weighted by atomic mass is 16.6. The Morgan fingerprint density at radius 3 is 2.67 bits per heavy atom. The molecule has 1 aliphatic heterocycles. The molecular weight excluding hydrogens is 494 g/mol. The highest BCUT2D eigenvalue weighted by Crippen LogP contribution is 2.35. The number of nitrogens with zero attached hydrogens (tertiary/aromatic N) is 6. The fourth-order valence-electron chi connectivity index (χ4n) is 4.83. The summed E-state index contributed by atoms with van der Waals surface area (Å²) in [5.74, 6) is 2.39. The van der Waals surface area contributed by atoms with Crippen molar-refractivity contribution < 1.29 is 14.3 Å². The van der Waals surface area contributed by atoms with Gasteiger partial charge in [0.15, 0.2) is 5.82 Å². The molecular formula is C29H31N7O3. The Morgan fingerprint density at radius 2 is 1.90 bits per heavy atom. The second-order valence-electron chi connectivity index (χ2n) is 11.0. The SMILES string of the molecule is Cc1cc(Nc2ncnn3ccc(C4CN(C(=O)OC(C)(C)C)C4)c23)ccc1Oc1ccc2c(c1)ncn2C. The van der Waals surface area contributed by atoms with Gasteiger partial charge in [0.05, 0.1) is 17.4 Å². The van der Waals surface area contributed by atoms with E-state index in [1.165, 1.54) is 6.33 Å². The van der Waals surface area contributed by atoms with Crippen molar-refractivity contribution in [2.75, 3.05) is 18.4 Å². The van der Waals surface area contributed by atoms with Crippen LogP contribution in [0.2, 0.25) is 0 Å². The molecule has 39 heavy (non-hydrogen) atoms. The summed E-state index contributed by atoms with van der Waals surface area (Å²) < 4.78 is 15.5. The van der Waals surface area contributed by atoms with Crippen molar-refractivity contribution in [3.63, 3.8) is 0 Å². The highest BCUT2D eigenvalue weighted by molar-refractivity contribution is 5.79. The molecule has 5 aromatic rings. The van der Waals surface area contributed by atoms with Crippen molar-refractivity contribution in [3.05, 3.63) is 72.4 Å². The summed E-state index contributed by atoms with van der Waals surface area (Å²) in [7, 11) is 1.97. The Hall–Kier alpha value is -4.60. The van der Waals surface area contributed by atoms with Crippen LogP contribution in [-0.2, 0) is 11.8 Å². The lowest BCUT2D eigenvalue weighted by atomic mass is 9.92. The number of benzene rings is 2. The molecule has 1 N–H and O–H groups in total. The maximum atomic E-state index is 12.4. The van der Waals surface area contributed by atoms with Crippen molar-refractivity contribution in [3.8, 4) is 11.5 Å².